The number of aromatic nitrogens is 1. The minimum absolute atomic E-state index is 0.202. The zero-order chi connectivity index (χ0) is 17.9. The highest BCUT2D eigenvalue weighted by Crippen LogP contribution is 2.26. The molecule has 0 amide bonds. The van der Waals surface area contributed by atoms with Crippen molar-refractivity contribution < 1.29 is 23.8 Å². The smallest absolute Gasteiger partial charge is 0.364 e. The highest BCUT2D eigenvalue weighted by Gasteiger charge is 2.40. The lowest BCUT2D eigenvalue weighted by Gasteiger charge is -2.34. The van der Waals surface area contributed by atoms with Gasteiger partial charge in [-0.2, -0.15) is 0 Å². The number of hydrogen-bond acceptors (Lipinski definition) is 5. The number of aryl methyl sites for hydroxylation is 2. The van der Waals surface area contributed by atoms with Crippen LogP contribution in [0.1, 0.15) is 31.2 Å². The summed E-state index contributed by atoms with van der Waals surface area (Å²) in [6, 6.07) is 9.84. The maximum atomic E-state index is 11.1. The van der Waals surface area contributed by atoms with Gasteiger partial charge in [-0.3, -0.25) is 0 Å². The van der Waals surface area contributed by atoms with E-state index in [4.69, 9.17) is 19.0 Å². The first-order chi connectivity index (χ1) is 12.0. The van der Waals surface area contributed by atoms with Gasteiger partial charge in [-0.05, 0) is 38.3 Å². The Bertz CT molecular complexity index is 717. The van der Waals surface area contributed by atoms with Gasteiger partial charge in [0.05, 0.1) is 18.9 Å². The lowest BCUT2D eigenvalue weighted by atomic mass is 10.0. The van der Waals surface area contributed by atoms with Gasteiger partial charge in [0.15, 0.2) is 0 Å². The minimum atomic E-state index is -1.51. The van der Waals surface area contributed by atoms with Crippen molar-refractivity contribution in [3.8, 4) is 11.5 Å². The van der Waals surface area contributed by atoms with E-state index in [0.29, 0.717) is 19.1 Å². The van der Waals surface area contributed by atoms with Crippen LogP contribution in [-0.2, 0) is 20.7 Å². The molecule has 0 atom stereocenters. The van der Waals surface area contributed by atoms with Crippen LogP contribution in [0.4, 0.5) is 0 Å². The van der Waals surface area contributed by atoms with Crippen molar-refractivity contribution >= 4 is 5.97 Å². The molecular formula is C19H23NO5. The van der Waals surface area contributed by atoms with E-state index in [-0.39, 0.29) is 5.92 Å². The van der Waals surface area contributed by atoms with E-state index in [0.717, 1.165) is 36.3 Å². The van der Waals surface area contributed by atoms with E-state index in [1.165, 1.54) is 6.92 Å². The van der Waals surface area contributed by atoms with Crippen molar-refractivity contribution in [1.29, 1.82) is 0 Å². The second-order valence-corrected chi connectivity index (χ2v) is 6.52. The van der Waals surface area contributed by atoms with Crippen LogP contribution in [0, 0.1) is 12.8 Å². The summed E-state index contributed by atoms with van der Waals surface area (Å²) in [6.45, 7) is 4.17. The Morgan fingerprint density at radius 1 is 1.28 bits per heavy atom. The van der Waals surface area contributed by atoms with Gasteiger partial charge >= 0.3 is 5.97 Å². The van der Waals surface area contributed by atoms with Gasteiger partial charge in [0, 0.05) is 18.4 Å². The molecule has 1 aromatic carbocycles. The average molecular weight is 345 g/mol. The minimum Gasteiger partial charge on any atom is -0.477 e. The highest BCUT2D eigenvalue weighted by molar-refractivity contribution is 5.75. The van der Waals surface area contributed by atoms with E-state index in [1.54, 1.807) is 0 Å². The number of rotatable bonds is 6. The molecule has 0 aliphatic carbocycles. The summed E-state index contributed by atoms with van der Waals surface area (Å²) in [5.41, 5.74) is 1.94. The van der Waals surface area contributed by atoms with Crippen LogP contribution in [0.2, 0.25) is 0 Å². The molecule has 6 nitrogen and oxygen atoms in total. The largest absolute Gasteiger partial charge is 0.477 e. The molecule has 0 spiro atoms. The molecule has 0 saturated carbocycles. The molecular weight excluding hydrogens is 322 g/mol. The van der Waals surface area contributed by atoms with E-state index >= 15 is 0 Å². The van der Waals surface area contributed by atoms with Crippen LogP contribution in [0.25, 0.3) is 11.5 Å². The molecule has 3 rings (SSSR count). The van der Waals surface area contributed by atoms with Gasteiger partial charge in [-0.25, -0.2) is 9.78 Å². The maximum Gasteiger partial charge on any atom is 0.364 e. The molecule has 6 heteroatoms. The SMILES string of the molecule is Cc1oc(-c2ccccc2)nc1CCC[C@H]1CO[C@](C)(C(=O)O)OC1. The predicted octanol–water partition coefficient (Wildman–Crippen LogP) is 3.44. The molecule has 0 unspecified atom stereocenters. The van der Waals surface area contributed by atoms with Gasteiger partial charge in [0.1, 0.15) is 5.76 Å². The first-order valence-corrected chi connectivity index (χ1v) is 8.51. The van der Waals surface area contributed by atoms with Crippen molar-refractivity contribution in [3.63, 3.8) is 0 Å². The van der Waals surface area contributed by atoms with Crippen molar-refractivity contribution in [1.82, 2.24) is 4.98 Å². The number of carboxylic acid groups (broad SMARTS) is 1. The molecule has 1 aliphatic rings. The molecule has 25 heavy (non-hydrogen) atoms. The fourth-order valence-electron chi connectivity index (χ4n) is 2.86. The van der Waals surface area contributed by atoms with Crippen LogP contribution >= 0.6 is 0 Å². The molecule has 134 valence electrons. The number of ether oxygens (including phenoxy) is 2. The Morgan fingerprint density at radius 2 is 1.96 bits per heavy atom. The number of oxazole rings is 1. The van der Waals surface area contributed by atoms with Crippen molar-refractivity contribution in [2.24, 2.45) is 5.92 Å². The fourth-order valence-corrected chi connectivity index (χ4v) is 2.86. The highest BCUT2D eigenvalue weighted by atomic mass is 16.7. The molecule has 2 aromatic rings. The summed E-state index contributed by atoms with van der Waals surface area (Å²) in [5.74, 6) is -0.905. The first kappa shape index (κ1) is 17.6. The quantitative estimate of drug-likeness (QED) is 0.864. The third kappa shape index (κ3) is 4.08. The van der Waals surface area contributed by atoms with Crippen LogP contribution in [0.5, 0.6) is 0 Å². The van der Waals surface area contributed by atoms with Gasteiger partial charge in [0.25, 0.3) is 5.79 Å². The van der Waals surface area contributed by atoms with E-state index in [2.05, 4.69) is 4.98 Å². The predicted molar refractivity (Wildman–Crippen MR) is 91.0 cm³/mol. The summed E-state index contributed by atoms with van der Waals surface area (Å²) in [5, 5.41) is 9.07. The lowest BCUT2D eigenvalue weighted by Crippen LogP contribution is -2.47. The Balaban J connectivity index is 1.50. The summed E-state index contributed by atoms with van der Waals surface area (Å²) in [4.78, 5) is 15.7. The standard InChI is InChI=1S/C19H23NO5/c1-13-16(20-17(25-13)15-8-4-3-5-9-15)10-6-7-14-11-23-19(2,18(21)22)24-12-14/h3-5,8-9,14H,6-7,10-12H2,1-2H3,(H,21,22)/t14-,19-. The second-order valence-electron chi connectivity index (χ2n) is 6.52. The zero-order valence-corrected chi connectivity index (χ0v) is 14.5. The maximum absolute atomic E-state index is 11.1. The normalized spacial score (nSPS) is 23.5. The molecule has 1 saturated heterocycles. The van der Waals surface area contributed by atoms with Crippen LogP contribution in [0.3, 0.4) is 0 Å². The molecule has 1 aliphatic heterocycles. The van der Waals surface area contributed by atoms with Gasteiger partial charge in [-0.1, -0.05) is 18.2 Å². The number of carbonyl (C=O) groups is 1. The Labute approximate surface area is 146 Å². The molecule has 2 heterocycles. The molecule has 1 aromatic heterocycles. The van der Waals surface area contributed by atoms with Crippen LogP contribution in [-0.4, -0.2) is 35.1 Å². The number of benzene rings is 1. The van der Waals surface area contributed by atoms with Gasteiger partial charge in [-0.15, -0.1) is 0 Å². The number of hydrogen-bond donors (Lipinski definition) is 1. The molecule has 0 bridgehead atoms. The molecule has 1 fully saturated rings. The number of nitrogens with zero attached hydrogens (tertiary/aromatic N) is 1. The number of carboxylic acids is 1. The topological polar surface area (TPSA) is 81.8 Å². The monoisotopic (exact) mass is 345 g/mol. The van der Waals surface area contributed by atoms with Crippen molar-refractivity contribution in [3.05, 3.63) is 41.8 Å². The Morgan fingerprint density at radius 3 is 2.60 bits per heavy atom. The zero-order valence-electron chi connectivity index (χ0n) is 14.5. The van der Waals surface area contributed by atoms with E-state index < -0.39 is 11.8 Å². The summed E-state index contributed by atoms with van der Waals surface area (Å²) in [6.07, 6.45) is 2.63. The van der Waals surface area contributed by atoms with Crippen molar-refractivity contribution in [2.45, 2.75) is 38.9 Å². The molecule has 0 radical (unpaired) electrons. The third-order valence-corrected chi connectivity index (χ3v) is 4.52. The summed E-state index contributed by atoms with van der Waals surface area (Å²) >= 11 is 0. The summed E-state index contributed by atoms with van der Waals surface area (Å²) < 4.78 is 16.5. The van der Waals surface area contributed by atoms with Crippen LogP contribution in [0.15, 0.2) is 34.7 Å². The average Bonchev–Trinajstić information content (AvgIpc) is 2.98. The fraction of sp³-hybridized carbons (Fsp3) is 0.474. The van der Waals surface area contributed by atoms with Crippen LogP contribution < -0.4 is 0 Å². The van der Waals surface area contributed by atoms with Crippen molar-refractivity contribution in [2.75, 3.05) is 13.2 Å². The number of aliphatic carboxylic acids is 1. The second kappa shape index (κ2) is 7.37. The lowest BCUT2D eigenvalue weighted by molar-refractivity contribution is -0.271. The van der Waals surface area contributed by atoms with Gasteiger partial charge in [0.2, 0.25) is 5.89 Å². The van der Waals surface area contributed by atoms with E-state index in [9.17, 15) is 4.79 Å². The Kier molecular flexibility index (Phi) is 5.20. The van der Waals surface area contributed by atoms with E-state index in [1.807, 2.05) is 37.3 Å². The third-order valence-electron chi connectivity index (χ3n) is 4.52. The summed E-state index contributed by atoms with van der Waals surface area (Å²) in [7, 11) is 0. The Hall–Kier alpha value is -2.18. The molecule has 1 N–H and O–H groups in total. The first-order valence-electron chi connectivity index (χ1n) is 8.51. The van der Waals surface area contributed by atoms with Gasteiger partial charge < -0.3 is 19.0 Å².